The summed E-state index contributed by atoms with van der Waals surface area (Å²) in [5.74, 6) is -0.714. The lowest BCUT2D eigenvalue weighted by Crippen LogP contribution is -2.77. The van der Waals surface area contributed by atoms with Gasteiger partial charge in [0.05, 0.1) is 0 Å². The standard InChI is InChI=1S/C30H46O2Si/c1-19-15-21(3)25(22(4)16-19)33(26-23(5)17-20(2)18-24(26)6)30(14,28(10,11)12)31-29(13,32-33)27(7,8)9/h15-18H,1-14H3. The number of aryl methyl sites for hydroxylation is 6. The topological polar surface area (TPSA) is 18.5 Å². The van der Waals surface area contributed by atoms with E-state index in [0.29, 0.717) is 0 Å². The van der Waals surface area contributed by atoms with Crippen LogP contribution in [0.5, 0.6) is 0 Å². The van der Waals surface area contributed by atoms with Crippen molar-refractivity contribution >= 4 is 18.7 Å². The fourth-order valence-corrected chi connectivity index (χ4v) is 12.5. The summed E-state index contributed by atoms with van der Waals surface area (Å²) in [6, 6.07) is 9.31. The highest BCUT2D eigenvalue weighted by Gasteiger charge is 2.73. The molecule has 0 spiro atoms. The van der Waals surface area contributed by atoms with Crippen molar-refractivity contribution in [2.75, 3.05) is 0 Å². The van der Waals surface area contributed by atoms with Crippen molar-refractivity contribution in [1.29, 1.82) is 0 Å². The van der Waals surface area contributed by atoms with Crippen LogP contribution in [0.15, 0.2) is 24.3 Å². The highest BCUT2D eigenvalue weighted by molar-refractivity contribution is 7.01. The minimum absolute atomic E-state index is 0.143. The van der Waals surface area contributed by atoms with Crippen LogP contribution in [0.2, 0.25) is 0 Å². The summed E-state index contributed by atoms with van der Waals surface area (Å²) < 4.78 is 14.9. The molecular formula is C30H46O2Si. The van der Waals surface area contributed by atoms with Gasteiger partial charge in [0.2, 0.25) is 0 Å². The molecule has 0 aliphatic carbocycles. The molecule has 0 N–H and O–H groups in total. The Hall–Kier alpha value is -1.42. The van der Waals surface area contributed by atoms with Gasteiger partial charge in [0.25, 0.3) is 8.32 Å². The van der Waals surface area contributed by atoms with Crippen molar-refractivity contribution in [3.63, 3.8) is 0 Å². The zero-order valence-corrected chi connectivity index (χ0v) is 24.6. The maximum atomic E-state index is 7.63. The second-order valence-corrected chi connectivity index (χ2v) is 16.4. The minimum atomic E-state index is -2.97. The molecule has 2 unspecified atom stereocenters. The van der Waals surface area contributed by atoms with Crippen LogP contribution in [0, 0.1) is 52.4 Å². The van der Waals surface area contributed by atoms with E-state index in [2.05, 4.69) is 121 Å². The lowest BCUT2D eigenvalue weighted by molar-refractivity contribution is -0.241. The third-order valence-electron chi connectivity index (χ3n) is 8.27. The normalized spacial score (nSPS) is 25.5. The van der Waals surface area contributed by atoms with Crippen LogP contribution >= 0.6 is 0 Å². The first-order valence-corrected chi connectivity index (χ1v) is 14.3. The lowest BCUT2D eigenvalue weighted by atomic mass is 9.84. The SMILES string of the molecule is Cc1cc(C)c([Si]2(c3c(C)cc(C)cc3C)OC(C)(C(C)(C)C)OC2(C)C(C)(C)C)c(C)c1. The average Bonchev–Trinajstić information content (AvgIpc) is 2.82. The molecule has 2 nitrogen and oxygen atoms in total. The molecule has 182 valence electrons. The summed E-state index contributed by atoms with van der Waals surface area (Å²) in [5, 5.41) is 2.28. The van der Waals surface area contributed by atoms with Crippen molar-refractivity contribution < 1.29 is 9.16 Å². The van der Waals surface area contributed by atoms with E-state index in [1.165, 1.54) is 43.8 Å². The van der Waals surface area contributed by atoms with E-state index < -0.39 is 19.3 Å². The number of hydrogen-bond acceptors (Lipinski definition) is 2. The summed E-state index contributed by atoms with van der Waals surface area (Å²) in [7, 11) is -2.97. The molecule has 0 amide bonds. The van der Waals surface area contributed by atoms with Crippen molar-refractivity contribution in [3.05, 3.63) is 57.6 Å². The van der Waals surface area contributed by atoms with E-state index in [1.54, 1.807) is 0 Å². The highest BCUT2D eigenvalue weighted by atomic mass is 28.4. The summed E-state index contributed by atoms with van der Waals surface area (Å²) >= 11 is 0. The van der Waals surface area contributed by atoms with Crippen LogP contribution in [0.1, 0.15) is 88.8 Å². The van der Waals surface area contributed by atoms with Gasteiger partial charge in [-0.3, -0.25) is 0 Å². The maximum absolute atomic E-state index is 7.63. The average molecular weight is 467 g/mol. The first-order valence-electron chi connectivity index (χ1n) is 12.4. The molecule has 0 saturated carbocycles. The van der Waals surface area contributed by atoms with Crippen molar-refractivity contribution in [2.24, 2.45) is 10.8 Å². The largest absolute Gasteiger partial charge is 0.378 e. The predicted molar refractivity (Wildman–Crippen MR) is 144 cm³/mol. The van der Waals surface area contributed by atoms with Crippen LogP contribution < -0.4 is 10.4 Å². The Morgan fingerprint density at radius 3 is 1.21 bits per heavy atom. The third-order valence-corrected chi connectivity index (χ3v) is 14.1. The van der Waals surface area contributed by atoms with E-state index in [4.69, 9.17) is 9.16 Å². The Morgan fingerprint density at radius 1 is 0.606 bits per heavy atom. The van der Waals surface area contributed by atoms with E-state index in [1.807, 2.05) is 0 Å². The zero-order chi connectivity index (χ0) is 25.4. The van der Waals surface area contributed by atoms with Crippen LogP contribution in [0.25, 0.3) is 0 Å². The monoisotopic (exact) mass is 466 g/mol. The first kappa shape index (κ1) is 26.2. The molecule has 3 heteroatoms. The van der Waals surface area contributed by atoms with Gasteiger partial charge in [0.1, 0.15) is 5.22 Å². The van der Waals surface area contributed by atoms with Crippen molar-refractivity contribution in [2.45, 2.75) is 108 Å². The Kier molecular flexibility index (Phi) is 6.19. The second kappa shape index (κ2) is 7.80. The molecule has 2 aromatic carbocycles. The fraction of sp³-hybridized carbons (Fsp3) is 0.600. The smallest absolute Gasteiger partial charge is 0.292 e. The van der Waals surface area contributed by atoms with Gasteiger partial charge < -0.3 is 9.16 Å². The molecule has 1 aliphatic rings. The molecule has 1 aliphatic heterocycles. The molecule has 2 aromatic rings. The molecule has 1 saturated heterocycles. The van der Waals surface area contributed by atoms with Crippen LogP contribution in [0.3, 0.4) is 0 Å². The number of rotatable bonds is 2. The Morgan fingerprint density at radius 2 is 0.939 bits per heavy atom. The van der Waals surface area contributed by atoms with Gasteiger partial charge in [-0.2, -0.15) is 0 Å². The molecule has 0 bridgehead atoms. The highest BCUT2D eigenvalue weighted by Crippen LogP contribution is 2.55. The molecular weight excluding hydrogens is 420 g/mol. The lowest BCUT2D eigenvalue weighted by Gasteiger charge is -2.49. The van der Waals surface area contributed by atoms with Gasteiger partial charge in [-0.25, -0.2) is 0 Å². The van der Waals surface area contributed by atoms with Crippen LogP contribution in [0.4, 0.5) is 0 Å². The molecule has 3 rings (SSSR count). The van der Waals surface area contributed by atoms with E-state index in [0.717, 1.165) is 0 Å². The zero-order valence-electron chi connectivity index (χ0n) is 23.6. The van der Waals surface area contributed by atoms with Crippen LogP contribution in [-0.2, 0) is 9.16 Å². The molecule has 1 heterocycles. The quantitative estimate of drug-likeness (QED) is 0.456. The summed E-state index contributed by atoms with van der Waals surface area (Å²) in [5.41, 5.74) is 7.52. The molecule has 0 radical (unpaired) electrons. The summed E-state index contributed by atoms with van der Waals surface area (Å²) in [4.78, 5) is 0. The predicted octanol–water partition coefficient (Wildman–Crippen LogP) is 6.75. The molecule has 0 aromatic heterocycles. The van der Waals surface area contributed by atoms with Crippen molar-refractivity contribution in [1.82, 2.24) is 0 Å². The van der Waals surface area contributed by atoms with Gasteiger partial charge in [0, 0.05) is 5.41 Å². The number of ether oxygens (including phenoxy) is 1. The van der Waals surface area contributed by atoms with E-state index in [9.17, 15) is 0 Å². The van der Waals surface area contributed by atoms with E-state index in [-0.39, 0.29) is 10.8 Å². The fourth-order valence-electron chi connectivity index (χ4n) is 6.03. The number of benzene rings is 2. The summed E-state index contributed by atoms with van der Waals surface area (Å²) in [6.07, 6.45) is 0. The molecule has 1 fully saturated rings. The van der Waals surface area contributed by atoms with Gasteiger partial charge in [-0.05, 0) is 93.4 Å². The van der Waals surface area contributed by atoms with Gasteiger partial charge in [-0.1, -0.05) is 76.9 Å². The van der Waals surface area contributed by atoms with Gasteiger partial charge in [0.15, 0.2) is 5.79 Å². The third kappa shape index (κ3) is 3.75. The second-order valence-electron chi connectivity index (χ2n) is 12.9. The Labute approximate surface area is 204 Å². The first-order chi connectivity index (χ1) is 14.8. The maximum Gasteiger partial charge on any atom is 0.292 e. The van der Waals surface area contributed by atoms with Crippen molar-refractivity contribution in [3.8, 4) is 0 Å². The summed E-state index contributed by atoms with van der Waals surface area (Å²) in [6.45, 7) is 31.6. The van der Waals surface area contributed by atoms with Crippen LogP contribution in [-0.4, -0.2) is 19.3 Å². The van der Waals surface area contributed by atoms with Gasteiger partial charge >= 0.3 is 0 Å². The minimum Gasteiger partial charge on any atom is -0.378 e. The molecule has 2 atom stereocenters. The molecule has 33 heavy (non-hydrogen) atoms. The Balaban J connectivity index is 2.63. The Bertz CT molecular complexity index is 982. The van der Waals surface area contributed by atoms with E-state index >= 15 is 0 Å². The number of hydrogen-bond donors (Lipinski definition) is 0. The van der Waals surface area contributed by atoms with Gasteiger partial charge in [-0.15, -0.1) is 0 Å².